The van der Waals surface area contributed by atoms with E-state index in [0.717, 1.165) is 18.9 Å². The molecular formula is C13H19NO. The van der Waals surface area contributed by atoms with Gasteiger partial charge in [0.2, 0.25) is 0 Å². The molecule has 0 atom stereocenters. The molecule has 0 amide bonds. The molecule has 2 nitrogen and oxygen atoms in total. The molecule has 0 spiro atoms. The average molecular weight is 205 g/mol. The van der Waals surface area contributed by atoms with Crippen LogP contribution in [-0.4, -0.2) is 32.1 Å². The largest absolute Gasteiger partial charge is 0.497 e. The van der Waals surface area contributed by atoms with E-state index in [2.05, 4.69) is 23.1 Å². The zero-order valence-corrected chi connectivity index (χ0v) is 9.73. The van der Waals surface area contributed by atoms with Gasteiger partial charge in [0.05, 0.1) is 5.76 Å². The number of rotatable bonds is 5. The summed E-state index contributed by atoms with van der Waals surface area (Å²) in [5.74, 6) is 0.961. The number of likely N-dealkylation sites (N-methyl/N-ethyl adjacent to an activating group) is 1. The summed E-state index contributed by atoms with van der Waals surface area (Å²) in [7, 11) is 4.08. The number of hydrogen-bond acceptors (Lipinski definition) is 2. The molecule has 0 N–H and O–H groups in total. The lowest BCUT2D eigenvalue weighted by Crippen LogP contribution is -2.17. The molecule has 0 aliphatic carbocycles. The Bertz CT molecular complexity index is 304. The fourth-order valence-corrected chi connectivity index (χ4v) is 1.21. The van der Waals surface area contributed by atoms with Crippen LogP contribution in [0.2, 0.25) is 0 Å². The Labute approximate surface area is 92.2 Å². The van der Waals surface area contributed by atoms with Gasteiger partial charge in [-0.1, -0.05) is 30.3 Å². The average Bonchev–Trinajstić information content (AvgIpc) is 2.18. The highest BCUT2D eigenvalue weighted by Gasteiger charge is 1.93. The quantitative estimate of drug-likeness (QED) is 0.685. The van der Waals surface area contributed by atoms with Gasteiger partial charge < -0.3 is 9.64 Å². The molecule has 0 heterocycles. The van der Waals surface area contributed by atoms with Crippen LogP contribution in [0.5, 0.6) is 0 Å². The minimum absolute atomic E-state index is 0.738. The van der Waals surface area contributed by atoms with E-state index in [1.165, 1.54) is 5.56 Å². The standard InChI is InChI=1S/C13H19NO/c1-12(15-10-9-14(2)3)11-13-7-5-4-6-8-13/h4-8,11H,9-10H2,1-3H3. The van der Waals surface area contributed by atoms with Crippen molar-refractivity contribution in [3.8, 4) is 0 Å². The van der Waals surface area contributed by atoms with Gasteiger partial charge in [-0.15, -0.1) is 0 Å². The monoisotopic (exact) mass is 205 g/mol. The summed E-state index contributed by atoms with van der Waals surface area (Å²) in [5.41, 5.74) is 1.18. The van der Waals surface area contributed by atoms with Gasteiger partial charge in [0, 0.05) is 6.54 Å². The lowest BCUT2D eigenvalue weighted by molar-refractivity contribution is 0.187. The predicted molar refractivity (Wildman–Crippen MR) is 64.6 cm³/mol. The minimum atomic E-state index is 0.738. The van der Waals surface area contributed by atoms with Crippen LogP contribution in [0.3, 0.4) is 0 Å². The Hall–Kier alpha value is -1.28. The molecule has 1 aromatic rings. The SMILES string of the molecule is CC(=Cc1ccccc1)OCCN(C)C. The van der Waals surface area contributed by atoms with Gasteiger partial charge in [0.1, 0.15) is 6.61 Å². The van der Waals surface area contributed by atoms with Crippen LogP contribution in [0.25, 0.3) is 6.08 Å². The highest BCUT2D eigenvalue weighted by molar-refractivity contribution is 5.50. The summed E-state index contributed by atoms with van der Waals surface area (Å²) in [5, 5.41) is 0. The van der Waals surface area contributed by atoms with Gasteiger partial charge in [0.25, 0.3) is 0 Å². The maximum absolute atomic E-state index is 5.58. The fraction of sp³-hybridized carbons (Fsp3) is 0.385. The molecule has 0 saturated heterocycles. The van der Waals surface area contributed by atoms with Crippen LogP contribution >= 0.6 is 0 Å². The Morgan fingerprint density at radius 3 is 2.53 bits per heavy atom. The second kappa shape index (κ2) is 6.25. The molecule has 0 fully saturated rings. The number of nitrogens with zero attached hydrogens (tertiary/aromatic N) is 1. The topological polar surface area (TPSA) is 12.5 Å². The first kappa shape index (κ1) is 11.8. The molecule has 1 aromatic carbocycles. The second-order valence-electron chi connectivity index (χ2n) is 3.82. The second-order valence-corrected chi connectivity index (χ2v) is 3.82. The third-order valence-corrected chi connectivity index (χ3v) is 2.04. The molecule has 0 aliphatic heterocycles. The van der Waals surface area contributed by atoms with Crippen molar-refractivity contribution in [2.75, 3.05) is 27.2 Å². The van der Waals surface area contributed by atoms with Gasteiger partial charge in [0.15, 0.2) is 0 Å². The lowest BCUT2D eigenvalue weighted by atomic mass is 10.2. The Kier molecular flexibility index (Phi) is 4.91. The third-order valence-electron chi connectivity index (χ3n) is 2.04. The summed E-state index contributed by atoms with van der Waals surface area (Å²) in [6, 6.07) is 10.2. The predicted octanol–water partition coefficient (Wildman–Crippen LogP) is 2.63. The first-order chi connectivity index (χ1) is 7.18. The summed E-state index contributed by atoms with van der Waals surface area (Å²) in [4.78, 5) is 2.11. The van der Waals surface area contributed by atoms with Crippen molar-refractivity contribution < 1.29 is 4.74 Å². The molecule has 0 unspecified atom stereocenters. The van der Waals surface area contributed by atoms with Crippen molar-refractivity contribution in [3.05, 3.63) is 41.7 Å². The number of allylic oxidation sites excluding steroid dienone is 1. The van der Waals surface area contributed by atoms with E-state index in [1.807, 2.05) is 39.2 Å². The molecule has 15 heavy (non-hydrogen) atoms. The molecule has 0 aromatic heterocycles. The summed E-state index contributed by atoms with van der Waals surface area (Å²) >= 11 is 0. The highest BCUT2D eigenvalue weighted by atomic mass is 16.5. The molecule has 1 rings (SSSR count). The number of benzene rings is 1. The van der Waals surface area contributed by atoms with Gasteiger partial charge in [-0.3, -0.25) is 0 Å². The highest BCUT2D eigenvalue weighted by Crippen LogP contribution is 2.06. The molecule has 82 valence electrons. The lowest BCUT2D eigenvalue weighted by Gasteiger charge is -2.11. The number of hydrogen-bond donors (Lipinski definition) is 0. The van der Waals surface area contributed by atoms with E-state index in [-0.39, 0.29) is 0 Å². The first-order valence-electron chi connectivity index (χ1n) is 5.19. The van der Waals surface area contributed by atoms with E-state index >= 15 is 0 Å². The molecule has 0 bridgehead atoms. The summed E-state index contributed by atoms with van der Waals surface area (Å²) in [6.45, 7) is 3.67. The van der Waals surface area contributed by atoms with Crippen LogP contribution in [0, 0.1) is 0 Å². The third kappa shape index (κ3) is 5.23. The van der Waals surface area contributed by atoms with E-state index in [9.17, 15) is 0 Å². The Morgan fingerprint density at radius 1 is 1.27 bits per heavy atom. The van der Waals surface area contributed by atoms with Crippen molar-refractivity contribution >= 4 is 6.08 Å². The molecular weight excluding hydrogens is 186 g/mol. The van der Waals surface area contributed by atoms with E-state index < -0.39 is 0 Å². The van der Waals surface area contributed by atoms with Crippen LogP contribution < -0.4 is 0 Å². The van der Waals surface area contributed by atoms with E-state index in [4.69, 9.17) is 4.74 Å². The van der Waals surface area contributed by atoms with Crippen molar-refractivity contribution in [2.24, 2.45) is 0 Å². The molecule has 0 radical (unpaired) electrons. The van der Waals surface area contributed by atoms with Crippen LogP contribution in [0.15, 0.2) is 36.1 Å². The van der Waals surface area contributed by atoms with Crippen molar-refractivity contribution in [1.29, 1.82) is 0 Å². The summed E-state index contributed by atoms with van der Waals surface area (Å²) in [6.07, 6.45) is 2.05. The van der Waals surface area contributed by atoms with Crippen LogP contribution in [-0.2, 0) is 4.74 Å². The van der Waals surface area contributed by atoms with Gasteiger partial charge in [-0.25, -0.2) is 0 Å². The van der Waals surface area contributed by atoms with Gasteiger partial charge in [-0.2, -0.15) is 0 Å². The maximum atomic E-state index is 5.58. The van der Waals surface area contributed by atoms with Crippen molar-refractivity contribution in [3.63, 3.8) is 0 Å². The smallest absolute Gasteiger partial charge is 0.100 e. The molecule has 0 saturated carbocycles. The van der Waals surface area contributed by atoms with E-state index in [1.54, 1.807) is 0 Å². The van der Waals surface area contributed by atoms with Gasteiger partial charge >= 0.3 is 0 Å². The fourth-order valence-electron chi connectivity index (χ4n) is 1.21. The Morgan fingerprint density at radius 2 is 1.93 bits per heavy atom. The zero-order chi connectivity index (χ0) is 11.1. The zero-order valence-electron chi connectivity index (χ0n) is 9.73. The van der Waals surface area contributed by atoms with Gasteiger partial charge in [-0.05, 0) is 32.7 Å². The van der Waals surface area contributed by atoms with Crippen molar-refractivity contribution in [2.45, 2.75) is 6.92 Å². The maximum Gasteiger partial charge on any atom is 0.100 e. The molecule has 2 heteroatoms. The molecule has 0 aliphatic rings. The summed E-state index contributed by atoms with van der Waals surface area (Å²) < 4.78 is 5.58. The van der Waals surface area contributed by atoms with Crippen LogP contribution in [0.4, 0.5) is 0 Å². The van der Waals surface area contributed by atoms with Crippen molar-refractivity contribution in [1.82, 2.24) is 4.90 Å². The first-order valence-corrected chi connectivity index (χ1v) is 5.19. The van der Waals surface area contributed by atoms with Crippen LogP contribution in [0.1, 0.15) is 12.5 Å². The Balaban J connectivity index is 2.40. The normalized spacial score (nSPS) is 11.9. The minimum Gasteiger partial charge on any atom is -0.497 e. The number of ether oxygens (including phenoxy) is 1. The van der Waals surface area contributed by atoms with E-state index in [0.29, 0.717) is 0 Å².